The number of likely N-dealkylation sites (tertiary alicyclic amines) is 1. The molecule has 1 aromatic carbocycles. The molecular formula is C20H30N4O5S. The quantitative estimate of drug-likeness (QED) is 0.658. The highest BCUT2D eigenvalue weighted by Gasteiger charge is 2.32. The highest BCUT2D eigenvalue weighted by Crippen LogP contribution is 2.31. The number of rotatable bonds is 7. The Bertz CT molecular complexity index is 883. The van der Waals surface area contributed by atoms with Crippen LogP contribution in [0.1, 0.15) is 32.1 Å². The van der Waals surface area contributed by atoms with Gasteiger partial charge in [0.25, 0.3) is 0 Å². The summed E-state index contributed by atoms with van der Waals surface area (Å²) in [4.78, 5) is 26.4. The molecule has 0 radical (unpaired) electrons. The molecule has 30 heavy (non-hydrogen) atoms. The van der Waals surface area contributed by atoms with Crippen molar-refractivity contribution < 1.29 is 22.7 Å². The molecule has 0 unspecified atom stereocenters. The number of anilines is 1. The molecule has 2 saturated heterocycles. The maximum absolute atomic E-state index is 13.1. The molecule has 0 saturated carbocycles. The third-order valence-corrected chi connectivity index (χ3v) is 7.56. The second-order valence-corrected chi connectivity index (χ2v) is 9.53. The topological polar surface area (TPSA) is 108 Å². The Morgan fingerprint density at radius 1 is 1.13 bits per heavy atom. The number of nitrogens with one attached hydrogen (secondary N) is 2. The lowest BCUT2D eigenvalue weighted by Crippen LogP contribution is -2.45. The Balaban J connectivity index is 1.74. The van der Waals surface area contributed by atoms with Crippen LogP contribution in [0.2, 0.25) is 0 Å². The van der Waals surface area contributed by atoms with Crippen LogP contribution in [0.3, 0.4) is 0 Å². The number of carbonyl (C=O) groups is 2. The van der Waals surface area contributed by atoms with Gasteiger partial charge in [-0.25, -0.2) is 8.42 Å². The largest absolute Gasteiger partial charge is 0.495 e. The molecule has 2 amide bonds. The summed E-state index contributed by atoms with van der Waals surface area (Å²) < 4.78 is 33.0. The van der Waals surface area contributed by atoms with Crippen LogP contribution in [0.5, 0.6) is 5.75 Å². The molecule has 2 N–H and O–H groups in total. The summed E-state index contributed by atoms with van der Waals surface area (Å²) in [5.41, 5.74) is 0.382. The van der Waals surface area contributed by atoms with Gasteiger partial charge in [-0.15, -0.1) is 0 Å². The highest BCUT2D eigenvalue weighted by atomic mass is 32.2. The summed E-state index contributed by atoms with van der Waals surface area (Å²) in [7, 11) is -0.706. The zero-order valence-electron chi connectivity index (χ0n) is 17.5. The van der Waals surface area contributed by atoms with Gasteiger partial charge in [0.2, 0.25) is 21.8 Å². The lowest BCUT2D eigenvalue weighted by molar-refractivity contribution is -0.126. The first-order valence-corrected chi connectivity index (χ1v) is 11.7. The number of methoxy groups -OCH3 is 1. The predicted molar refractivity (Wildman–Crippen MR) is 113 cm³/mol. The molecule has 2 aliphatic rings. The number of hydrogen-bond acceptors (Lipinski definition) is 6. The maximum Gasteiger partial charge on any atom is 0.246 e. The first-order valence-electron chi connectivity index (χ1n) is 10.3. The average Bonchev–Trinajstić information content (AvgIpc) is 3.21. The van der Waals surface area contributed by atoms with E-state index in [9.17, 15) is 18.0 Å². The normalized spacial score (nSPS) is 20.7. The fourth-order valence-electron chi connectivity index (χ4n) is 4.06. The predicted octanol–water partition coefficient (Wildman–Crippen LogP) is 1.02. The van der Waals surface area contributed by atoms with Crippen molar-refractivity contribution in [3.8, 4) is 5.75 Å². The molecule has 2 heterocycles. The molecule has 0 aromatic heterocycles. The number of sulfonamides is 1. The molecule has 0 bridgehead atoms. The van der Waals surface area contributed by atoms with E-state index in [1.807, 2.05) is 4.90 Å². The van der Waals surface area contributed by atoms with E-state index in [0.29, 0.717) is 31.7 Å². The van der Waals surface area contributed by atoms with E-state index in [-0.39, 0.29) is 35.0 Å². The third-order valence-electron chi connectivity index (χ3n) is 5.64. The molecule has 0 spiro atoms. The minimum absolute atomic E-state index is 0.0501. The van der Waals surface area contributed by atoms with Gasteiger partial charge in [-0.2, -0.15) is 4.31 Å². The minimum Gasteiger partial charge on any atom is -0.495 e. The Hall–Kier alpha value is -2.17. The van der Waals surface area contributed by atoms with Crippen molar-refractivity contribution in [2.45, 2.75) is 43.0 Å². The number of amides is 2. The van der Waals surface area contributed by atoms with Gasteiger partial charge in [-0.05, 0) is 50.4 Å². The molecule has 9 nitrogen and oxygen atoms in total. The van der Waals surface area contributed by atoms with Crippen LogP contribution in [0.4, 0.5) is 5.69 Å². The maximum atomic E-state index is 13.1. The number of likely N-dealkylation sites (N-methyl/N-ethyl adjacent to an activating group) is 1. The Kier molecular flexibility index (Phi) is 7.32. The van der Waals surface area contributed by atoms with E-state index in [0.717, 1.165) is 25.7 Å². The van der Waals surface area contributed by atoms with E-state index in [4.69, 9.17) is 4.74 Å². The van der Waals surface area contributed by atoms with Crippen LogP contribution >= 0.6 is 0 Å². The molecular weight excluding hydrogens is 408 g/mol. The van der Waals surface area contributed by atoms with Crippen molar-refractivity contribution in [2.75, 3.05) is 45.7 Å². The van der Waals surface area contributed by atoms with Crippen LogP contribution < -0.4 is 15.4 Å². The second-order valence-electron chi connectivity index (χ2n) is 7.62. The summed E-state index contributed by atoms with van der Waals surface area (Å²) in [6.07, 6.45) is 4.26. The fraction of sp³-hybridized carbons (Fsp3) is 0.600. The molecule has 3 rings (SSSR count). The monoisotopic (exact) mass is 438 g/mol. The highest BCUT2D eigenvalue weighted by molar-refractivity contribution is 7.89. The number of piperidine rings is 1. The van der Waals surface area contributed by atoms with Gasteiger partial charge in [0.1, 0.15) is 10.6 Å². The summed E-state index contributed by atoms with van der Waals surface area (Å²) in [5.74, 6) is -0.144. The van der Waals surface area contributed by atoms with Crippen molar-refractivity contribution in [1.29, 1.82) is 0 Å². The number of nitrogens with zero attached hydrogens (tertiary/aromatic N) is 2. The second kappa shape index (κ2) is 9.76. The fourth-order valence-corrected chi connectivity index (χ4v) is 5.76. The van der Waals surface area contributed by atoms with Gasteiger partial charge in [0, 0.05) is 25.8 Å². The Morgan fingerprint density at radius 2 is 1.87 bits per heavy atom. The van der Waals surface area contributed by atoms with E-state index < -0.39 is 10.0 Å². The molecule has 2 fully saturated rings. The first-order chi connectivity index (χ1) is 14.4. The average molecular weight is 439 g/mol. The molecule has 166 valence electrons. The van der Waals surface area contributed by atoms with Gasteiger partial charge in [-0.3, -0.25) is 14.5 Å². The van der Waals surface area contributed by atoms with Crippen LogP contribution in [0.15, 0.2) is 23.1 Å². The van der Waals surface area contributed by atoms with Gasteiger partial charge in [0.15, 0.2) is 0 Å². The standard InChI is InChI=1S/C20H30N4O5S/c1-21-20(26)16-7-6-10-23(16)14-19(25)22-15-8-9-17(29-2)18(13-15)30(27,28)24-11-4-3-5-12-24/h8-9,13,16H,3-7,10-12,14H2,1-2H3,(H,21,26)(H,22,25)/t16-/m1/s1. The summed E-state index contributed by atoms with van der Waals surface area (Å²) in [6, 6.07) is 4.30. The van der Waals surface area contributed by atoms with Crippen molar-refractivity contribution >= 4 is 27.5 Å². The lowest BCUT2D eigenvalue weighted by atomic mass is 10.2. The Morgan fingerprint density at radius 3 is 2.53 bits per heavy atom. The third kappa shape index (κ3) is 4.93. The molecule has 0 aliphatic carbocycles. The van der Waals surface area contributed by atoms with Gasteiger partial charge in [-0.1, -0.05) is 6.42 Å². The van der Waals surface area contributed by atoms with Gasteiger partial charge in [0.05, 0.1) is 19.7 Å². The molecule has 10 heteroatoms. The van der Waals surface area contributed by atoms with E-state index in [1.165, 1.54) is 17.5 Å². The number of hydrogen-bond donors (Lipinski definition) is 2. The summed E-state index contributed by atoms with van der Waals surface area (Å²) >= 11 is 0. The van der Waals surface area contributed by atoms with Crippen LogP contribution in [-0.2, 0) is 19.6 Å². The minimum atomic E-state index is -3.72. The molecule has 1 atom stereocenters. The van der Waals surface area contributed by atoms with Crippen LogP contribution in [-0.4, -0.2) is 75.8 Å². The van der Waals surface area contributed by atoms with Crippen molar-refractivity contribution in [3.63, 3.8) is 0 Å². The van der Waals surface area contributed by atoms with Gasteiger partial charge >= 0.3 is 0 Å². The SMILES string of the molecule is CNC(=O)[C@H]1CCCN1CC(=O)Nc1ccc(OC)c(S(=O)(=O)N2CCCCC2)c1. The summed E-state index contributed by atoms with van der Waals surface area (Å²) in [6.45, 7) is 1.71. The van der Waals surface area contributed by atoms with E-state index in [1.54, 1.807) is 19.2 Å². The first kappa shape index (κ1) is 22.5. The summed E-state index contributed by atoms with van der Waals surface area (Å²) in [5, 5.41) is 5.39. The van der Waals surface area contributed by atoms with Crippen molar-refractivity contribution in [3.05, 3.63) is 18.2 Å². The van der Waals surface area contributed by atoms with Crippen LogP contribution in [0, 0.1) is 0 Å². The zero-order chi connectivity index (χ0) is 21.7. The number of benzene rings is 1. The van der Waals surface area contributed by atoms with Crippen LogP contribution in [0.25, 0.3) is 0 Å². The van der Waals surface area contributed by atoms with E-state index >= 15 is 0 Å². The van der Waals surface area contributed by atoms with Crippen molar-refractivity contribution in [2.24, 2.45) is 0 Å². The number of ether oxygens (including phenoxy) is 1. The lowest BCUT2D eigenvalue weighted by Gasteiger charge is -2.27. The Labute approximate surface area is 177 Å². The van der Waals surface area contributed by atoms with E-state index in [2.05, 4.69) is 10.6 Å². The molecule has 2 aliphatic heterocycles. The molecule has 1 aromatic rings. The van der Waals surface area contributed by atoms with Crippen molar-refractivity contribution in [1.82, 2.24) is 14.5 Å². The smallest absolute Gasteiger partial charge is 0.246 e. The van der Waals surface area contributed by atoms with Gasteiger partial charge < -0.3 is 15.4 Å². The number of carbonyl (C=O) groups excluding carboxylic acids is 2. The zero-order valence-corrected chi connectivity index (χ0v) is 18.3.